The third-order valence-electron chi connectivity index (χ3n) is 3.80. The number of benzene rings is 1. The van der Waals surface area contributed by atoms with Crippen LogP contribution in [0.1, 0.15) is 10.8 Å². The minimum Gasteiger partial charge on any atom is -0.299 e. The summed E-state index contributed by atoms with van der Waals surface area (Å²) in [5.74, 6) is 1.11. The van der Waals surface area contributed by atoms with Crippen LogP contribution in [0.25, 0.3) is 0 Å². The lowest BCUT2D eigenvalue weighted by Crippen LogP contribution is -2.36. The molecular formula is C15H18N4O2S. The third kappa shape index (κ3) is 3.66. The van der Waals surface area contributed by atoms with Crippen molar-refractivity contribution >= 4 is 17.4 Å². The van der Waals surface area contributed by atoms with Crippen molar-refractivity contribution in [3.8, 4) is 0 Å². The molecule has 2 heterocycles. The Balaban J connectivity index is 1.55. The maximum atomic E-state index is 10.7. The summed E-state index contributed by atoms with van der Waals surface area (Å²) in [6.45, 7) is 3.61. The molecule has 1 atom stereocenters. The molecule has 0 N–H and O–H groups in total. The summed E-state index contributed by atoms with van der Waals surface area (Å²) >= 11 is 2.00. The van der Waals surface area contributed by atoms with Crippen LogP contribution in [0.2, 0.25) is 0 Å². The first-order valence-electron chi connectivity index (χ1n) is 7.28. The zero-order valence-corrected chi connectivity index (χ0v) is 13.0. The first-order chi connectivity index (χ1) is 10.7. The van der Waals surface area contributed by atoms with Crippen LogP contribution in [-0.2, 0) is 6.54 Å². The third-order valence-corrected chi connectivity index (χ3v) is 5.04. The van der Waals surface area contributed by atoms with Crippen LogP contribution in [0, 0.1) is 10.1 Å². The highest BCUT2D eigenvalue weighted by atomic mass is 32.2. The van der Waals surface area contributed by atoms with Crippen molar-refractivity contribution in [3.05, 3.63) is 58.4 Å². The Kier molecular flexibility index (Phi) is 4.74. The van der Waals surface area contributed by atoms with E-state index in [4.69, 9.17) is 0 Å². The summed E-state index contributed by atoms with van der Waals surface area (Å²) in [4.78, 5) is 12.7. The van der Waals surface area contributed by atoms with E-state index in [0.29, 0.717) is 11.8 Å². The number of hydrogen-bond donors (Lipinski definition) is 0. The number of aromatic nitrogens is 2. The van der Waals surface area contributed by atoms with Crippen LogP contribution in [0.4, 0.5) is 5.69 Å². The lowest BCUT2D eigenvalue weighted by Gasteiger charge is -2.32. The molecule has 1 aliphatic heterocycles. The minimum atomic E-state index is -0.410. The Morgan fingerprint density at radius 2 is 2.14 bits per heavy atom. The summed E-state index contributed by atoms with van der Waals surface area (Å²) in [7, 11) is 0. The van der Waals surface area contributed by atoms with Crippen LogP contribution in [0.15, 0.2) is 42.7 Å². The fraction of sp³-hybridized carbons (Fsp3) is 0.400. The summed E-state index contributed by atoms with van der Waals surface area (Å²) in [5, 5.41) is 15.2. The summed E-state index contributed by atoms with van der Waals surface area (Å²) in [6, 6.07) is 10.6. The molecule has 7 heteroatoms. The Hall–Kier alpha value is -1.86. The predicted molar refractivity (Wildman–Crippen MR) is 87.0 cm³/mol. The van der Waals surface area contributed by atoms with Crippen LogP contribution in [-0.4, -0.2) is 45.0 Å². The number of hydrogen-bond acceptors (Lipinski definition) is 5. The fourth-order valence-corrected chi connectivity index (χ4v) is 3.90. The highest BCUT2D eigenvalue weighted by molar-refractivity contribution is 7.99. The van der Waals surface area contributed by atoms with Crippen molar-refractivity contribution in [1.82, 2.24) is 14.7 Å². The Morgan fingerprint density at radius 1 is 1.32 bits per heavy atom. The lowest BCUT2D eigenvalue weighted by atomic mass is 10.1. The molecule has 116 valence electrons. The number of nitro groups is 1. The second-order valence-electron chi connectivity index (χ2n) is 5.29. The van der Waals surface area contributed by atoms with Crippen molar-refractivity contribution in [2.75, 3.05) is 25.4 Å². The van der Waals surface area contributed by atoms with E-state index in [2.05, 4.69) is 34.3 Å². The van der Waals surface area contributed by atoms with Crippen LogP contribution < -0.4 is 0 Å². The molecule has 1 saturated heterocycles. The maximum absolute atomic E-state index is 10.7. The second-order valence-corrected chi connectivity index (χ2v) is 6.60. The van der Waals surface area contributed by atoms with Gasteiger partial charge in [0.25, 0.3) is 0 Å². The van der Waals surface area contributed by atoms with E-state index in [-0.39, 0.29) is 5.69 Å². The molecule has 3 rings (SSSR count). The number of thioether (sulfide) groups is 1. The van der Waals surface area contributed by atoms with Crippen molar-refractivity contribution in [1.29, 1.82) is 0 Å². The molecule has 0 amide bonds. The van der Waals surface area contributed by atoms with Gasteiger partial charge < -0.3 is 0 Å². The van der Waals surface area contributed by atoms with Gasteiger partial charge in [0.2, 0.25) is 0 Å². The van der Waals surface area contributed by atoms with Gasteiger partial charge in [-0.2, -0.15) is 16.9 Å². The van der Waals surface area contributed by atoms with Crippen LogP contribution in [0.5, 0.6) is 0 Å². The topological polar surface area (TPSA) is 64.2 Å². The number of rotatable bonds is 5. The SMILES string of the molecule is O=[N+]([O-])c1cnn(CCN2CCS[C@@H](c3ccccc3)C2)c1. The summed E-state index contributed by atoms with van der Waals surface area (Å²) in [5.41, 5.74) is 1.42. The molecule has 0 aliphatic carbocycles. The number of nitrogens with zero attached hydrogens (tertiary/aromatic N) is 4. The van der Waals surface area contributed by atoms with Gasteiger partial charge in [-0.1, -0.05) is 30.3 Å². The second kappa shape index (κ2) is 6.93. The van der Waals surface area contributed by atoms with E-state index in [0.717, 1.165) is 25.4 Å². The zero-order chi connectivity index (χ0) is 15.4. The van der Waals surface area contributed by atoms with Crippen molar-refractivity contribution in [3.63, 3.8) is 0 Å². The summed E-state index contributed by atoms with van der Waals surface area (Å²) < 4.78 is 1.65. The first kappa shape index (κ1) is 15.1. The van der Waals surface area contributed by atoms with Gasteiger partial charge in [-0.3, -0.25) is 19.7 Å². The molecule has 1 aliphatic rings. The monoisotopic (exact) mass is 318 g/mol. The van der Waals surface area contributed by atoms with Gasteiger partial charge in [0.05, 0.1) is 11.5 Å². The lowest BCUT2D eigenvalue weighted by molar-refractivity contribution is -0.385. The first-order valence-corrected chi connectivity index (χ1v) is 8.33. The van der Waals surface area contributed by atoms with Gasteiger partial charge in [0.1, 0.15) is 12.4 Å². The Morgan fingerprint density at radius 3 is 2.86 bits per heavy atom. The predicted octanol–water partition coefficient (Wildman–Crippen LogP) is 2.58. The maximum Gasteiger partial charge on any atom is 0.306 e. The smallest absolute Gasteiger partial charge is 0.299 e. The molecule has 6 nitrogen and oxygen atoms in total. The van der Waals surface area contributed by atoms with E-state index in [1.165, 1.54) is 18.0 Å². The van der Waals surface area contributed by atoms with E-state index >= 15 is 0 Å². The minimum absolute atomic E-state index is 0.0522. The molecule has 1 aromatic carbocycles. The van der Waals surface area contributed by atoms with E-state index in [1.54, 1.807) is 4.68 Å². The normalized spacial score (nSPS) is 19.2. The van der Waals surface area contributed by atoms with Crippen molar-refractivity contribution in [2.24, 2.45) is 0 Å². The van der Waals surface area contributed by atoms with E-state index in [1.807, 2.05) is 17.8 Å². The quantitative estimate of drug-likeness (QED) is 0.626. The molecule has 2 aromatic rings. The Bertz CT molecular complexity index is 631. The molecule has 22 heavy (non-hydrogen) atoms. The molecule has 0 unspecified atom stereocenters. The van der Waals surface area contributed by atoms with Gasteiger partial charge in [0, 0.05) is 30.6 Å². The van der Waals surface area contributed by atoms with Crippen LogP contribution in [0.3, 0.4) is 0 Å². The van der Waals surface area contributed by atoms with E-state index < -0.39 is 4.92 Å². The Labute approximate surface area is 133 Å². The molecular weight excluding hydrogens is 300 g/mol. The molecule has 0 bridgehead atoms. The van der Waals surface area contributed by atoms with Crippen molar-refractivity contribution < 1.29 is 4.92 Å². The largest absolute Gasteiger partial charge is 0.306 e. The van der Waals surface area contributed by atoms with Gasteiger partial charge in [-0.15, -0.1) is 0 Å². The highest BCUT2D eigenvalue weighted by Crippen LogP contribution is 2.32. The molecule has 0 radical (unpaired) electrons. The summed E-state index contributed by atoms with van der Waals surface area (Å²) in [6.07, 6.45) is 2.80. The molecule has 1 fully saturated rings. The highest BCUT2D eigenvalue weighted by Gasteiger charge is 2.21. The van der Waals surface area contributed by atoms with Crippen molar-refractivity contribution in [2.45, 2.75) is 11.8 Å². The van der Waals surface area contributed by atoms with Gasteiger partial charge in [0.15, 0.2) is 0 Å². The molecule has 1 aromatic heterocycles. The van der Waals surface area contributed by atoms with Crippen LogP contribution >= 0.6 is 11.8 Å². The molecule has 0 saturated carbocycles. The standard InChI is InChI=1S/C15H18N4O2S/c20-19(21)14-10-16-18(11-14)7-6-17-8-9-22-15(12-17)13-4-2-1-3-5-13/h1-5,10-11,15H,6-9,12H2/t15-/m1/s1. The van der Waals surface area contributed by atoms with Gasteiger partial charge >= 0.3 is 5.69 Å². The van der Waals surface area contributed by atoms with E-state index in [9.17, 15) is 10.1 Å². The zero-order valence-electron chi connectivity index (χ0n) is 12.2. The van der Waals surface area contributed by atoms with Gasteiger partial charge in [-0.25, -0.2) is 0 Å². The molecule has 0 spiro atoms. The average molecular weight is 318 g/mol. The fourth-order valence-electron chi connectivity index (χ4n) is 2.59. The average Bonchev–Trinajstić information content (AvgIpc) is 3.03. The van der Waals surface area contributed by atoms with Gasteiger partial charge in [-0.05, 0) is 5.56 Å².